The van der Waals surface area contributed by atoms with Crippen molar-refractivity contribution < 1.29 is 14.6 Å². The molecule has 4 nitrogen and oxygen atoms in total. The predicted molar refractivity (Wildman–Crippen MR) is 142 cm³/mol. The number of rotatable bonds is 7. The number of hydrogen-bond acceptors (Lipinski definition) is 5. The number of aliphatic hydroxyl groups excluding tert-OH is 1. The van der Waals surface area contributed by atoms with Crippen LogP contribution in [-0.2, 0) is 11.4 Å². The predicted octanol–water partition coefficient (Wildman–Crippen LogP) is 6.95. The number of aromatic nitrogens is 1. The molecule has 3 aromatic carbocycles. The van der Waals surface area contributed by atoms with E-state index in [1.165, 1.54) is 18.1 Å². The fourth-order valence-corrected chi connectivity index (χ4v) is 5.42. The van der Waals surface area contributed by atoms with Crippen LogP contribution in [0.1, 0.15) is 47.1 Å². The van der Waals surface area contributed by atoms with Crippen LogP contribution in [0.2, 0.25) is 0 Å². The molecule has 1 heterocycles. The van der Waals surface area contributed by atoms with Gasteiger partial charge in [0.2, 0.25) is 0 Å². The quantitative estimate of drug-likeness (QED) is 0.134. The summed E-state index contributed by atoms with van der Waals surface area (Å²) >= 11 is 1.62. The lowest BCUT2D eigenvalue weighted by Gasteiger charge is -2.32. The van der Waals surface area contributed by atoms with Gasteiger partial charge >= 0.3 is 5.97 Å². The molecule has 5 rings (SSSR count). The van der Waals surface area contributed by atoms with Crippen LogP contribution in [0.3, 0.4) is 0 Å². The molecule has 0 bridgehead atoms. The summed E-state index contributed by atoms with van der Waals surface area (Å²) in [5.74, 6) is 0.408. The second-order valence-electron chi connectivity index (χ2n) is 8.88. The van der Waals surface area contributed by atoms with Gasteiger partial charge in [-0.05, 0) is 77.3 Å². The van der Waals surface area contributed by atoms with E-state index in [9.17, 15) is 9.90 Å². The zero-order valence-electron chi connectivity index (χ0n) is 19.7. The number of carbonyl (C=O) groups is 1. The van der Waals surface area contributed by atoms with Crippen LogP contribution < -0.4 is 4.74 Å². The first kappa shape index (κ1) is 23.2. The van der Waals surface area contributed by atoms with Gasteiger partial charge in [-0.15, -0.1) is 11.3 Å². The van der Waals surface area contributed by atoms with Gasteiger partial charge in [-0.25, -0.2) is 9.78 Å². The van der Waals surface area contributed by atoms with E-state index in [1.54, 1.807) is 11.3 Å². The molecule has 0 saturated heterocycles. The smallest absolute Gasteiger partial charge is 0.335 e. The normalized spacial score (nSPS) is 14.3. The summed E-state index contributed by atoms with van der Waals surface area (Å²) < 4.78 is 6.85. The van der Waals surface area contributed by atoms with Crippen LogP contribution in [0, 0.1) is 12.8 Å². The molecular formula is C30H27NO3S. The topological polar surface area (TPSA) is 59.4 Å². The van der Waals surface area contributed by atoms with Crippen LogP contribution >= 0.6 is 11.3 Å². The number of carbonyl (C=O) groups excluding carboxylic acids is 1. The largest absolute Gasteiger partial charge is 0.423 e. The molecule has 1 N–H and O–H groups in total. The van der Waals surface area contributed by atoms with Crippen LogP contribution in [0.15, 0.2) is 78.8 Å². The van der Waals surface area contributed by atoms with E-state index >= 15 is 0 Å². The Balaban J connectivity index is 1.83. The molecule has 0 atom stereocenters. The maximum Gasteiger partial charge on any atom is 0.335 e. The summed E-state index contributed by atoms with van der Waals surface area (Å²) in [6.07, 6.45) is 4.58. The van der Waals surface area contributed by atoms with Gasteiger partial charge in [-0.3, -0.25) is 0 Å². The number of fused-ring (bicyclic) bond motifs is 1. The number of nitrogens with zero attached hydrogens (tertiary/aromatic N) is 1. The lowest BCUT2D eigenvalue weighted by molar-refractivity contribution is -0.128. The number of allylic oxidation sites excluding steroid dienone is 1. The molecule has 4 aromatic rings. The molecule has 0 radical (unpaired) electrons. The van der Waals surface area contributed by atoms with Gasteiger partial charge in [0.05, 0.1) is 22.3 Å². The highest BCUT2D eigenvalue weighted by Gasteiger charge is 2.29. The first-order valence-corrected chi connectivity index (χ1v) is 12.7. The zero-order valence-corrected chi connectivity index (χ0v) is 20.5. The second-order valence-corrected chi connectivity index (χ2v) is 9.77. The van der Waals surface area contributed by atoms with Crippen molar-refractivity contribution in [3.05, 3.63) is 107 Å². The van der Waals surface area contributed by atoms with E-state index in [-0.39, 0.29) is 6.61 Å². The van der Waals surface area contributed by atoms with Crippen molar-refractivity contribution in [3.8, 4) is 5.75 Å². The average Bonchev–Trinajstić information content (AvgIpc) is 3.31. The molecule has 1 fully saturated rings. The van der Waals surface area contributed by atoms with E-state index in [4.69, 9.17) is 4.74 Å². The van der Waals surface area contributed by atoms with Crippen LogP contribution in [-0.4, -0.2) is 16.1 Å². The second kappa shape index (κ2) is 9.98. The fraction of sp³-hybridized carbons (Fsp3) is 0.200. The molecule has 1 saturated carbocycles. The Morgan fingerprint density at radius 2 is 1.97 bits per heavy atom. The van der Waals surface area contributed by atoms with E-state index in [0.29, 0.717) is 11.7 Å². The Labute approximate surface area is 209 Å². The SMILES string of the molecule is C=CC(=O)Oc1ccccc1/C(=C(\c1ccc(CO)cc1C)C1CCC1)c1ccc2scnc2c1. The Bertz CT molecular complexity index is 1450. The van der Waals surface area contributed by atoms with E-state index in [0.717, 1.165) is 56.4 Å². The third kappa shape index (κ3) is 4.57. The first-order valence-electron chi connectivity index (χ1n) is 11.8. The summed E-state index contributed by atoms with van der Waals surface area (Å²) in [6, 6.07) is 20.2. The van der Waals surface area contributed by atoms with Gasteiger partial charge in [0.1, 0.15) is 5.75 Å². The number of benzene rings is 3. The lowest BCUT2D eigenvalue weighted by Crippen LogP contribution is -2.16. The summed E-state index contributed by atoms with van der Waals surface area (Å²) in [5, 5.41) is 9.67. The van der Waals surface area contributed by atoms with Crippen molar-refractivity contribution in [1.29, 1.82) is 0 Å². The molecule has 5 heteroatoms. The zero-order chi connectivity index (χ0) is 24.4. The fourth-order valence-electron chi connectivity index (χ4n) is 4.76. The number of esters is 1. The summed E-state index contributed by atoms with van der Waals surface area (Å²) in [5.41, 5.74) is 10.2. The molecule has 0 spiro atoms. The third-order valence-corrected chi connectivity index (χ3v) is 7.51. The monoisotopic (exact) mass is 481 g/mol. The Hall–Kier alpha value is -3.54. The Morgan fingerprint density at radius 3 is 2.69 bits per heavy atom. The Kier molecular flexibility index (Phi) is 6.62. The van der Waals surface area contributed by atoms with E-state index in [1.807, 2.05) is 35.8 Å². The summed E-state index contributed by atoms with van der Waals surface area (Å²) in [4.78, 5) is 16.8. The molecule has 1 aliphatic carbocycles. The summed E-state index contributed by atoms with van der Waals surface area (Å²) in [6.45, 7) is 5.67. The first-order chi connectivity index (χ1) is 17.1. The van der Waals surface area contributed by atoms with Gasteiger partial charge in [-0.2, -0.15) is 0 Å². The Morgan fingerprint density at radius 1 is 1.14 bits per heavy atom. The van der Waals surface area contributed by atoms with Crippen molar-refractivity contribution in [2.45, 2.75) is 32.8 Å². The van der Waals surface area contributed by atoms with Crippen molar-refractivity contribution in [2.24, 2.45) is 5.92 Å². The van der Waals surface area contributed by atoms with Crippen molar-refractivity contribution in [3.63, 3.8) is 0 Å². The minimum absolute atomic E-state index is 0.0112. The number of aryl methyl sites for hydroxylation is 1. The summed E-state index contributed by atoms with van der Waals surface area (Å²) in [7, 11) is 0. The van der Waals surface area contributed by atoms with E-state index < -0.39 is 5.97 Å². The minimum Gasteiger partial charge on any atom is -0.423 e. The van der Waals surface area contributed by atoms with Crippen LogP contribution in [0.5, 0.6) is 5.75 Å². The standard InChI is InChI=1S/C30H27NO3S/c1-3-28(33)34-26-10-5-4-9-24(26)30(22-12-14-27-25(16-22)31-18-35-27)29(21-7-6-8-21)23-13-11-20(17-32)15-19(23)2/h3-5,9-16,18,21,32H,1,6-8,17H2,2H3/b30-29-. The van der Waals surface area contributed by atoms with Gasteiger partial charge in [-0.1, -0.05) is 55.5 Å². The highest BCUT2D eigenvalue weighted by molar-refractivity contribution is 7.16. The van der Waals surface area contributed by atoms with Gasteiger partial charge in [0, 0.05) is 11.6 Å². The van der Waals surface area contributed by atoms with Crippen molar-refractivity contribution in [1.82, 2.24) is 4.98 Å². The van der Waals surface area contributed by atoms with Crippen LogP contribution in [0.25, 0.3) is 21.4 Å². The molecule has 0 unspecified atom stereocenters. The molecule has 1 aromatic heterocycles. The average molecular weight is 482 g/mol. The highest BCUT2D eigenvalue weighted by Crippen LogP contribution is 2.47. The molecule has 1 aliphatic rings. The van der Waals surface area contributed by atoms with Gasteiger partial charge < -0.3 is 9.84 Å². The number of hydrogen-bond donors (Lipinski definition) is 1. The molecule has 0 aliphatic heterocycles. The van der Waals surface area contributed by atoms with Crippen molar-refractivity contribution >= 4 is 38.7 Å². The van der Waals surface area contributed by atoms with Gasteiger partial charge in [0.15, 0.2) is 0 Å². The maximum absolute atomic E-state index is 12.2. The van der Waals surface area contributed by atoms with Crippen LogP contribution in [0.4, 0.5) is 0 Å². The number of para-hydroxylation sites is 1. The minimum atomic E-state index is -0.486. The number of thiazole rings is 1. The molecule has 0 amide bonds. The maximum atomic E-state index is 12.2. The molecular weight excluding hydrogens is 454 g/mol. The van der Waals surface area contributed by atoms with Gasteiger partial charge in [0.25, 0.3) is 0 Å². The lowest BCUT2D eigenvalue weighted by atomic mass is 9.72. The molecule has 35 heavy (non-hydrogen) atoms. The molecule has 176 valence electrons. The van der Waals surface area contributed by atoms with Crippen molar-refractivity contribution in [2.75, 3.05) is 0 Å². The third-order valence-electron chi connectivity index (χ3n) is 6.70. The van der Waals surface area contributed by atoms with E-state index in [2.05, 4.69) is 48.8 Å². The number of ether oxygens (including phenoxy) is 1. The highest BCUT2D eigenvalue weighted by atomic mass is 32.1. The number of aliphatic hydroxyl groups is 1.